The van der Waals surface area contributed by atoms with Crippen LogP contribution in [0, 0.1) is 11.3 Å². The summed E-state index contributed by atoms with van der Waals surface area (Å²) in [6.45, 7) is 0. The van der Waals surface area contributed by atoms with Gasteiger partial charge in [0.15, 0.2) is 9.84 Å². The van der Waals surface area contributed by atoms with Crippen LogP contribution in [-0.4, -0.2) is 43.9 Å². The van der Waals surface area contributed by atoms with Crippen LogP contribution in [0.4, 0.5) is 10.5 Å². The van der Waals surface area contributed by atoms with Gasteiger partial charge < -0.3 is 10.2 Å². The number of hydrogen-bond donors (Lipinski definition) is 1. The van der Waals surface area contributed by atoms with Gasteiger partial charge in [0.1, 0.15) is 0 Å². The zero-order valence-corrected chi connectivity index (χ0v) is 11.9. The van der Waals surface area contributed by atoms with E-state index in [0.717, 1.165) is 0 Å². The molecule has 1 heterocycles. The van der Waals surface area contributed by atoms with Gasteiger partial charge in [0, 0.05) is 18.8 Å². The number of hydrogen-bond acceptors (Lipinski definition) is 4. The van der Waals surface area contributed by atoms with E-state index in [4.69, 9.17) is 5.26 Å². The highest BCUT2D eigenvalue weighted by Gasteiger charge is 2.32. The fourth-order valence-corrected chi connectivity index (χ4v) is 3.86. The second-order valence-corrected chi connectivity index (χ2v) is 7.02. The van der Waals surface area contributed by atoms with Crippen LogP contribution in [-0.2, 0) is 9.84 Å². The lowest BCUT2D eigenvalue weighted by Crippen LogP contribution is -2.40. The molecule has 0 saturated carbocycles. The van der Waals surface area contributed by atoms with Gasteiger partial charge in [-0.3, -0.25) is 0 Å². The molecule has 1 aliphatic rings. The van der Waals surface area contributed by atoms with Crippen molar-refractivity contribution >= 4 is 21.6 Å². The minimum atomic E-state index is -3.01. The molecule has 1 aliphatic heterocycles. The first kappa shape index (κ1) is 14.3. The lowest BCUT2D eigenvalue weighted by molar-refractivity contribution is 0.209. The molecule has 2 amide bonds. The second kappa shape index (κ2) is 5.51. The van der Waals surface area contributed by atoms with Gasteiger partial charge in [0.2, 0.25) is 0 Å². The Morgan fingerprint density at radius 3 is 2.55 bits per heavy atom. The fraction of sp³-hybridized carbons (Fsp3) is 0.385. The zero-order valence-electron chi connectivity index (χ0n) is 11.0. The van der Waals surface area contributed by atoms with Crippen molar-refractivity contribution in [2.75, 3.05) is 23.9 Å². The van der Waals surface area contributed by atoms with Crippen molar-refractivity contribution in [1.29, 1.82) is 5.26 Å². The van der Waals surface area contributed by atoms with E-state index in [2.05, 4.69) is 5.32 Å². The predicted molar refractivity (Wildman–Crippen MR) is 75.0 cm³/mol. The van der Waals surface area contributed by atoms with Crippen LogP contribution >= 0.6 is 0 Å². The monoisotopic (exact) mass is 293 g/mol. The molecular weight excluding hydrogens is 278 g/mol. The van der Waals surface area contributed by atoms with Crippen LogP contribution in [0.3, 0.4) is 0 Å². The lowest BCUT2D eigenvalue weighted by Gasteiger charge is -2.23. The van der Waals surface area contributed by atoms with Gasteiger partial charge in [-0.25, -0.2) is 13.2 Å². The van der Waals surface area contributed by atoms with E-state index in [9.17, 15) is 13.2 Å². The number of nitriles is 1. The average molecular weight is 293 g/mol. The summed E-state index contributed by atoms with van der Waals surface area (Å²) in [6, 6.07) is 7.85. The average Bonchev–Trinajstić information content (AvgIpc) is 2.79. The molecule has 6 nitrogen and oxygen atoms in total. The molecule has 20 heavy (non-hydrogen) atoms. The number of nitrogens with one attached hydrogen (secondary N) is 1. The SMILES string of the molecule is CN(C(=O)Nc1ccc(C#N)cc1)C1CCS(=O)(=O)C1. The molecule has 1 atom stereocenters. The minimum absolute atomic E-state index is 0.0181. The third-order valence-corrected chi connectivity index (χ3v) is 5.09. The van der Waals surface area contributed by atoms with E-state index < -0.39 is 9.84 Å². The lowest BCUT2D eigenvalue weighted by atomic mass is 10.2. The maximum Gasteiger partial charge on any atom is 0.321 e. The molecule has 0 spiro atoms. The molecule has 1 unspecified atom stereocenters. The highest BCUT2D eigenvalue weighted by molar-refractivity contribution is 7.91. The van der Waals surface area contributed by atoms with Crippen molar-refractivity contribution in [1.82, 2.24) is 4.90 Å². The molecule has 0 aliphatic carbocycles. The second-order valence-electron chi connectivity index (χ2n) is 4.79. The molecule has 1 fully saturated rings. The van der Waals surface area contributed by atoms with Crippen molar-refractivity contribution in [3.05, 3.63) is 29.8 Å². The molecule has 2 rings (SSSR count). The van der Waals surface area contributed by atoms with Gasteiger partial charge in [-0.1, -0.05) is 0 Å². The summed E-state index contributed by atoms with van der Waals surface area (Å²) in [4.78, 5) is 13.4. The Morgan fingerprint density at radius 2 is 2.05 bits per heavy atom. The molecule has 106 valence electrons. The van der Waals surface area contributed by atoms with Gasteiger partial charge in [0.05, 0.1) is 23.1 Å². The first-order valence-electron chi connectivity index (χ1n) is 6.16. The van der Waals surface area contributed by atoms with Gasteiger partial charge in [-0.05, 0) is 30.7 Å². The zero-order chi connectivity index (χ0) is 14.8. The molecule has 1 N–H and O–H groups in total. The van der Waals surface area contributed by atoms with E-state index in [1.54, 1.807) is 31.3 Å². The summed E-state index contributed by atoms with van der Waals surface area (Å²) in [5.41, 5.74) is 1.08. The van der Waals surface area contributed by atoms with Gasteiger partial charge in [-0.2, -0.15) is 5.26 Å². The van der Waals surface area contributed by atoms with E-state index in [1.165, 1.54) is 4.90 Å². The molecule has 1 aromatic carbocycles. The molecule has 7 heteroatoms. The quantitative estimate of drug-likeness (QED) is 0.887. The van der Waals surface area contributed by atoms with E-state index in [0.29, 0.717) is 17.7 Å². The summed E-state index contributed by atoms with van der Waals surface area (Å²) in [6.07, 6.45) is 0.472. The molecule has 0 radical (unpaired) electrons. The Morgan fingerprint density at radius 1 is 1.40 bits per heavy atom. The van der Waals surface area contributed by atoms with Crippen LogP contribution in [0.1, 0.15) is 12.0 Å². The van der Waals surface area contributed by atoms with Crippen LogP contribution < -0.4 is 5.32 Å². The third-order valence-electron chi connectivity index (χ3n) is 3.34. The van der Waals surface area contributed by atoms with Crippen molar-refractivity contribution < 1.29 is 13.2 Å². The number of benzene rings is 1. The number of sulfone groups is 1. The van der Waals surface area contributed by atoms with Gasteiger partial charge in [-0.15, -0.1) is 0 Å². The number of nitrogens with zero attached hydrogens (tertiary/aromatic N) is 2. The van der Waals surface area contributed by atoms with E-state index >= 15 is 0 Å². The number of rotatable bonds is 2. The smallest absolute Gasteiger partial charge is 0.321 e. The van der Waals surface area contributed by atoms with Crippen molar-refractivity contribution in [2.45, 2.75) is 12.5 Å². The van der Waals surface area contributed by atoms with Crippen LogP contribution in [0.15, 0.2) is 24.3 Å². The maximum atomic E-state index is 12.0. The highest BCUT2D eigenvalue weighted by Crippen LogP contribution is 2.18. The number of amides is 2. The Kier molecular flexibility index (Phi) is 3.95. The Labute approximate surface area is 117 Å². The third kappa shape index (κ3) is 3.27. The van der Waals surface area contributed by atoms with Crippen LogP contribution in [0.2, 0.25) is 0 Å². The normalized spacial score (nSPS) is 20.1. The summed E-state index contributed by atoms with van der Waals surface area (Å²) in [5.74, 6) is 0.149. The summed E-state index contributed by atoms with van der Waals surface area (Å²) in [7, 11) is -1.43. The van der Waals surface area contributed by atoms with E-state index in [-0.39, 0.29) is 23.6 Å². The van der Waals surface area contributed by atoms with Crippen LogP contribution in [0.25, 0.3) is 0 Å². The molecular formula is C13H15N3O3S. The first-order chi connectivity index (χ1) is 9.41. The number of urea groups is 1. The molecule has 1 aromatic rings. The predicted octanol–water partition coefficient (Wildman–Crippen LogP) is 1.21. The summed E-state index contributed by atoms with van der Waals surface area (Å²) >= 11 is 0. The van der Waals surface area contributed by atoms with E-state index in [1.807, 2.05) is 6.07 Å². The fourth-order valence-electron chi connectivity index (χ4n) is 2.09. The maximum absolute atomic E-state index is 12.0. The van der Waals surface area contributed by atoms with Crippen molar-refractivity contribution in [2.24, 2.45) is 0 Å². The van der Waals surface area contributed by atoms with Crippen LogP contribution in [0.5, 0.6) is 0 Å². The molecule has 0 aromatic heterocycles. The summed E-state index contributed by atoms with van der Waals surface area (Å²) < 4.78 is 22.8. The number of anilines is 1. The summed E-state index contributed by atoms with van der Waals surface area (Å²) in [5, 5.41) is 11.4. The van der Waals surface area contributed by atoms with Gasteiger partial charge in [0.25, 0.3) is 0 Å². The number of carbonyl (C=O) groups excluding carboxylic acids is 1. The van der Waals surface area contributed by atoms with Crippen molar-refractivity contribution in [3.8, 4) is 6.07 Å². The Hall–Kier alpha value is -2.07. The van der Waals surface area contributed by atoms with Crippen molar-refractivity contribution in [3.63, 3.8) is 0 Å². The largest absolute Gasteiger partial charge is 0.324 e. The first-order valence-corrected chi connectivity index (χ1v) is 7.98. The van der Waals surface area contributed by atoms with Gasteiger partial charge >= 0.3 is 6.03 Å². The topological polar surface area (TPSA) is 90.3 Å². The minimum Gasteiger partial charge on any atom is -0.324 e. The standard InChI is InChI=1S/C13H15N3O3S/c1-16(12-6-7-20(18,19)9-12)13(17)15-11-4-2-10(8-14)3-5-11/h2-5,12H,6-7,9H2,1H3,(H,15,17). The Balaban J connectivity index is 1.99. The number of carbonyl (C=O) groups is 1. The molecule has 1 saturated heterocycles. The Bertz CT molecular complexity index is 646. The highest BCUT2D eigenvalue weighted by atomic mass is 32.2. The molecule has 0 bridgehead atoms.